The fraction of sp³-hybridized carbons (Fsp3) is 0.400. The van der Waals surface area contributed by atoms with Gasteiger partial charge in [0.25, 0.3) is 5.91 Å². The van der Waals surface area contributed by atoms with Gasteiger partial charge in [0.2, 0.25) is 0 Å². The van der Waals surface area contributed by atoms with Crippen molar-refractivity contribution in [3.63, 3.8) is 0 Å². The summed E-state index contributed by atoms with van der Waals surface area (Å²) in [5.74, 6) is -0.865. The summed E-state index contributed by atoms with van der Waals surface area (Å²) >= 11 is 3.14. The minimum atomic E-state index is -0.818. The van der Waals surface area contributed by atoms with Gasteiger partial charge in [-0.2, -0.15) is 0 Å². The number of furan rings is 1. The Morgan fingerprint density at radius 2 is 2.25 bits per heavy atom. The number of rotatable bonds is 3. The van der Waals surface area contributed by atoms with Crippen molar-refractivity contribution in [2.24, 2.45) is 5.92 Å². The summed E-state index contributed by atoms with van der Waals surface area (Å²) in [4.78, 5) is 23.9. The summed E-state index contributed by atoms with van der Waals surface area (Å²) in [6, 6.07) is 1.59. The van der Waals surface area contributed by atoms with Crippen molar-refractivity contribution in [3.8, 4) is 0 Å². The van der Waals surface area contributed by atoms with Crippen LogP contribution in [0.4, 0.5) is 0 Å². The maximum atomic E-state index is 11.8. The summed E-state index contributed by atoms with van der Waals surface area (Å²) < 4.78 is 5.39. The molecular weight excluding hydrogens is 278 g/mol. The molecular formula is C10H10BrNO4. The van der Waals surface area contributed by atoms with E-state index >= 15 is 0 Å². The Kier molecular flexibility index (Phi) is 3.00. The average Bonchev–Trinajstić information content (AvgIpc) is 2.56. The van der Waals surface area contributed by atoms with Gasteiger partial charge in [0, 0.05) is 19.0 Å². The van der Waals surface area contributed by atoms with Crippen LogP contribution in [0.1, 0.15) is 16.8 Å². The van der Waals surface area contributed by atoms with Crippen LogP contribution in [0.25, 0.3) is 0 Å². The number of nitrogens with zero attached hydrogens (tertiary/aromatic N) is 1. The van der Waals surface area contributed by atoms with Crippen LogP contribution in [-0.2, 0) is 4.79 Å². The van der Waals surface area contributed by atoms with E-state index < -0.39 is 5.97 Å². The summed E-state index contributed by atoms with van der Waals surface area (Å²) in [7, 11) is 0. The second-order valence-electron chi connectivity index (χ2n) is 3.78. The van der Waals surface area contributed by atoms with Gasteiger partial charge < -0.3 is 14.4 Å². The van der Waals surface area contributed by atoms with Crippen LogP contribution in [0.5, 0.6) is 0 Å². The number of hydrogen-bond donors (Lipinski definition) is 1. The molecule has 5 nitrogen and oxygen atoms in total. The Hall–Kier alpha value is -1.30. The molecule has 6 heteroatoms. The number of carbonyl (C=O) groups is 2. The molecule has 1 fully saturated rings. The topological polar surface area (TPSA) is 70.8 Å². The Morgan fingerprint density at radius 1 is 1.56 bits per heavy atom. The highest BCUT2D eigenvalue weighted by molar-refractivity contribution is 9.10. The first-order chi connectivity index (χ1) is 7.58. The number of carboxylic acid groups (broad SMARTS) is 1. The van der Waals surface area contributed by atoms with E-state index in [2.05, 4.69) is 15.9 Å². The fourth-order valence-corrected chi connectivity index (χ4v) is 2.14. The third kappa shape index (κ3) is 2.11. The van der Waals surface area contributed by atoms with Gasteiger partial charge >= 0.3 is 5.97 Å². The minimum Gasteiger partial charge on any atom is -0.481 e. The Bertz CT molecular complexity index is 422. The van der Waals surface area contributed by atoms with Gasteiger partial charge in [-0.1, -0.05) is 0 Å². The third-order valence-corrected chi connectivity index (χ3v) is 3.17. The van der Waals surface area contributed by atoms with Gasteiger partial charge in [-0.3, -0.25) is 9.59 Å². The van der Waals surface area contributed by atoms with E-state index in [-0.39, 0.29) is 18.2 Å². The standard InChI is InChI=1S/C10H10BrNO4/c11-9-7(1-2-16-9)10(15)12-4-6(5-12)3-8(13)14/h1-2,6H,3-5H2,(H,13,14). The molecule has 1 aromatic rings. The molecule has 1 saturated heterocycles. The van der Waals surface area contributed by atoms with Crippen LogP contribution >= 0.6 is 15.9 Å². The molecule has 1 aromatic heterocycles. The number of hydrogen-bond acceptors (Lipinski definition) is 3. The van der Waals surface area contributed by atoms with Crippen molar-refractivity contribution < 1.29 is 19.1 Å². The molecule has 2 heterocycles. The molecule has 2 rings (SSSR count). The van der Waals surface area contributed by atoms with Crippen LogP contribution in [-0.4, -0.2) is 35.0 Å². The quantitative estimate of drug-likeness (QED) is 0.916. The van der Waals surface area contributed by atoms with Crippen LogP contribution in [0.15, 0.2) is 21.4 Å². The first kappa shape index (κ1) is 11.2. The lowest BCUT2D eigenvalue weighted by Crippen LogP contribution is -2.50. The molecule has 0 saturated carbocycles. The van der Waals surface area contributed by atoms with Crippen LogP contribution < -0.4 is 0 Å². The first-order valence-corrected chi connectivity index (χ1v) is 5.61. The van der Waals surface area contributed by atoms with Crippen molar-refractivity contribution in [2.45, 2.75) is 6.42 Å². The monoisotopic (exact) mass is 287 g/mol. The lowest BCUT2D eigenvalue weighted by molar-refractivity contribution is -0.139. The molecule has 0 radical (unpaired) electrons. The largest absolute Gasteiger partial charge is 0.481 e. The molecule has 0 bridgehead atoms. The minimum absolute atomic E-state index is 0.0760. The van der Waals surface area contributed by atoms with E-state index in [1.807, 2.05) is 0 Å². The van der Waals surface area contributed by atoms with E-state index in [4.69, 9.17) is 9.52 Å². The average molecular weight is 288 g/mol. The van der Waals surface area contributed by atoms with E-state index in [9.17, 15) is 9.59 Å². The zero-order valence-corrected chi connectivity index (χ0v) is 9.94. The molecule has 1 amide bonds. The van der Waals surface area contributed by atoms with Crippen molar-refractivity contribution in [3.05, 3.63) is 22.6 Å². The lowest BCUT2D eigenvalue weighted by Gasteiger charge is -2.38. The number of amides is 1. The smallest absolute Gasteiger partial charge is 0.303 e. The van der Waals surface area contributed by atoms with Crippen LogP contribution in [0.3, 0.4) is 0 Å². The van der Waals surface area contributed by atoms with Crippen molar-refractivity contribution in [1.29, 1.82) is 0 Å². The second-order valence-corrected chi connectivity index (χ2v) is 4.50. The molecule has 1 aliphatic rings. The summed E-state index contributed by atoms with van der Waals surface area (Å²) in [6.07, 6.45) is 1.56. The molecule has 0 aromatic carbocycles. The normalized spacial score (nSPS) is 15.9. The Balaban J connectivity index is 1.91. The van der Waals surface area contributed by atoms with Gasteiger partial charge in [0.05, 0.1) is 18.2 Å². The van der Waals surface area contributed by atoms with Crippen molar-refractivity contribution in [2.75, 3.05) is 13.1 Å². The summed E-state index contributed by atoms with van der Waals surface area (Å²) in [6.45, 7) is 1.01. The van der Waals surface area contributed by atoms with Crippen LogP contribution in [0.2, 0.25) is 0 Å². The molecule has 1 aliphatic heterocycles. The first-order valence-electron chi connectivity index (χ1n) is 4.82. The number of carbonyl (C=O) groups excluding carboxylic acids is 1. The van der Waals surface area contributed by atoms with Gasteiger partial charge in [-0.15, -0.1) is 0 Å². The van der Waals surface area contributed by atoms with Crippen molar-refractivity contribution >= 4 is 27.8 Å². The number of halogens is 1. The van der Waals surface area contributed by atoms with Gasteiger partial charge in [-0.05, 0) is 22.0 Å². The molecule has 0 atom stereocenters. The number of aliphatic carboxylic acids is 1. The zero-order valence-electron chi connectivity index (χ0n) is 8.35. The third-order valence-electron chi connectivity index (χ3n) is 2.56. The second kappa shape index (κ2) is 4.29. The van der Waals surface area contributed by atoms with E-state index in [1.54, 1.807) is 11.0 Å². The molecule has 16 heavy (non-hydrogen) atoms. The Labute approximate surface area is 100 Å². The van der Waals surface area contributed by atoms with Crippen LogP contribution in [0, 0.1) is 5.92 Å². The molecule has 0 unspecified atom stereocenters. The van der Waals surface area contributed by atoms with E-state index in [1.165, 1.54) is 6.26 Å². The molecule has 0 spiro atoms. The van der Waals surface area contributed by atoms with E-state index in [0.29, 0.717) is 23.3 Å². The number of likely N-dealkylation sites (tertiary alicyclic amines) is 1. The van der Waals surface area contributed by atoms with Crippen molar-refractivity contribution in [1.82, 2.24) is 4.90 Å². The highest BCUT2D eigenvalue weighted by Gasteiger charge is 2.33. The maximum absolute atomic E-state index is 11.8. The van der Waals surface area contributed by atoms with E-state index in [0.717, 1.165) is 0 Å². The van der Waals surface area contributed by atoms with Gasteiger partial charge in [0.15, 0.2) is 4.67 Å². The molecule has 1 N–H and O–H groups in total. The highest BCUT2D eigenvalue weighted by Crippen LogP contribution is 2.25. The molecule has 86 valence electrons. The predicted octanol–water partition coefficient (Wildman–Crippen LogP) is 1.59. The Morgan fingerprint density at radius 3 is 2.75 bits per heavy atom. The predicted molar refractivity (Wildman–Crippen MR) is 58.1 cm³/mol. The summed E-state index contributed by atoms with van der Waals surface area (Å²) in [5, 5.41) is 8.58. The number of carboxylic acids is 1. The summed E-state index contributed by atoms with van der Waals surface area (Å²) in [5.41, 5.74) is 0.480. The maximum Gasteiger partial charge on any atom is 0.303 e. The fourth-order valence-electron chi connectivity index (χ4n) is 1.73. The van der Waals surface area contributed by atoms with Gasteiger partial charge in [-0.25, -0.2) is 0 Å². The SMILES string of the molecule is O=C(O)CC1CN(C(=O)c2ccoc2Br)C1. The zero-order chi connectivity index (χ0) is 11.7. The lowest BCUT2D eigenvalue weighted by atomic mass is 9.96. The highest BCUT2D eigenvalue weighted by atomic mass is 79.9. The van der Waals surface area contributed by atoms with Gasteiger partial charge in [0.1, 0.15) is 0 Å². The molecule has 0 aliphatic carbocycles.